The third kappa shape index (κ3) is 0.642. The van der Waals surface area contributed by atoms with E-state index in [9.17, 15) is 4.79 Å². The van der Waals surface area contributed by atoms with Gasteiger partial charge in [0.2, 0.25) is 5.91 Å². The van der Waals surface area contributed by atoms with Crippen LogP contribution in [0.2, 0.25) is 0 Å². The molecule has 0 unspecified atom stereocenters. The Balaban J connectivity index is 2.10. The van der Waals surface area contributed by atoms with Gasteiger partial charge in [-0.1, -0.05) is 24.3 Å². The second-order valence-electron chi connectivity index (χ2n) is 4.38. The molecule has 0 saturated carbocycles. The van der Waals surface area contributed by atoms with Crippen molar-refractivity contribution >= 4 is 5.91 Å². The summed E-state index contributed by atoms with van der Waals surface area (Å²) < 4.78 is 0. The molecule has 0 radical (unpaired) electrons. The maximum Gasteiger partial charge on any atom is 0.229 e. The molecule has 68 valence electrons. The van der Waals surface area contributed by atoms with Gasteiger partial charge in [0, 0.05) is 0 Å². The molecule has 1 aliphatic heterocycles. The normalized spacial score (nSPS) is 46.0. The zero-order valence-electron chi connectivity index (χ0n) is 7.55. The van der Waals surface area contributed by atoms with E-state index in [2.05, 4.69) is 29.6 Å². The molecule has 3 rings (SSSR count). The Labute approximate surface area is 77.7 Å². The molecule has 0 aromatic rings. The lowest BCUT2D eigenvalue weighted by Crippen LogP contribution is -2.77. The van der Waals surface area contributed by atoms with Crippen LogP contribution in [0.5, 0.6) is 0 Å². The average Bonchev–Trinajstić information content (AvgIpc) is 2.15. The van der Waals surface area contributed by atoms with Crippen LogP contribution in [-0.2, 0) is 4.79 Å². The topological polar surface area (TPSA) is 29.1 Å². The highest BCUT2D eigenvalue weighted by molar-refractivity contribution is 5.93. The lowest BCUT2D eigenvalue weighted by molar-refractivity contribution is -0.157. The molecule has 0 spiro atoms. The molecule has 0 atom stereocenters. The van der Waals surface area contributed by atoms with Crippen molar-refractivity contribution in [1.82, 2.24) is 5.32 Å². The maximum atomic E-state index is 11.6. The van der Waals surface area contributed by atoms with E-state index < -0.39 is 0 Å². The summed E-state index contributed by atoms with van der Waals surface area (Å²) in [5, 5.41) is 3.11. The summed E-state index contributed by atoms with van der Waals surface area (Å²) in [4.78, 5) is 11.6. The number of hydrogen-bond donors (Lipinski definition) is 1. The van der Waals surface area contributed by atoms with Crippen molar-refractivity contribution in [2.75, 3.05) is 0 Å². The van der Waals surface area contributed by atoms with Gasteiger partial charge in [-0.25, -0.2) is 0 Å². The SMILES string of the molecule is O=C1NC23CC=CCC12CC=CC3. The van der Waals surface area contributed by atoms with Crippen LogP contribution in [0.25, 0.3) is 0 Å². The van der Waals surface area contributed by atoms with Crippen molar-refractivity contribution in [2.24, 2.45) is 5.41 Å². The van der Waals surface area contributed by atoms with Crippen molar-refractivity contribution in [2.45, 2.75) is 31.2 Å². The molecule has 2 aliphatic carbocycles. The lowest BCUT2D eigenvalue weighted by Gasteiger charge is -2.61. The second-order valence-corrected chi connectivity index (χ2v) is 4.38. The molecule has 13 heavy (non-hydrogen) atoms. The number of rotatable bonds is 0. The molecule has 1 saturated heterocycles. The number of carbonyl (C=O) groups excluding carboxylic acids is 1. The molecular weight excluding hydrogens is 162 g/mol. The van der Waals surface area contributed by atoms with E-state index in [0.29, 0.717) is 0 Å². The lowest BCUT2D eigenvalue weighted by atomic mass is 9.52. The number of amides is 1. The van der Waals surface area contributed by atoms with Gasteiger partial charge in [0.1, 0.15) is 0 Å². The third-order valence-corrected chi connectivity index (χ3v) is 3.90. The Morgan fingerprint density at radius 3 is 2.00 bits per heavy atom. The fourth-order valence-corrected chi connectivity index (χ4v) is 2.99. The molecule has 0 bridgehead atoms. The zero-order chi connectivity index (χ0) is 8.94. The van der Waals surface area contributed by atoms with Crippen LogP contribution < -0.4 is 5.32 Å². The van der Waals surface area contributed by atoms with Crippen LogP contribution in [0.4, 0.5) is 0 Å². The zero-order valence-corrected chi connectivity index (χ0v) is 7.55. The first-order valence-electron chi connectivity index (χ1n) is 4.92. The summed E-state index contributed by atoms with van der Waals surface area (Å²) in [6.07, 6.45) is 12.6. The van der Waals surface area contributed by atoms with E-state index in [1.165, 1.54) is 0 Å². The highest BCUT2D eigenvalue weighted by Crippen LogP contribution is 2.55. The number of nitrogens with one attached hydrogen (secondary N) is 1. The van der Waals surface area contributed by atoms with Crippen LogP contribution in [0.3, 0.4) is 0 Å². The van der Waals surface area contributed by atoms with E-state index in [1.807, 2.05) is 0 Å². The summed E-state index contributed by atoms with van der Waals surface area (Å²) >= 11 is 0. The van der Waals surface area contributed by atoms with Crippen LogP contribution in [0.1, 0.15) is 25.7 Å². The van der Waals surface area contributed by atoms with E-state index in [-0.39, 0.29) is 16.9 Å². The van der Waals surface area contributed by atoms with E-state index in [4.69, 9.17) is 0 Å². The molecule has 1 heterocycles. The first kappa shape index (κ1) is 7.36. The number of hydrogen-bond acceptors (Lipinski definition) is 1. The van der Waals surface area contributed by atoms with Crippen molar-refractivity contribution in [3.63, 3.8) is 0 Å². The third-order valence-electron chi connectivity index (χ3n) is 3.90. The molecular formula is C11H13NO. The van der Waals surface area contributed by atoms with Gasteiger partial charge in [0.15, 0.2) is 0 Å². The Morgan fingerprint density at radius 2 is 1.54 bits per heavy atom. The maximum absolute atomic E-state index is 11.6. The number of carbonyl (C=O) groups is 1. The largest absolute Gasteiger partial charge is 0.348 e. The van der Waals surface area contributed by atoms with E-state index >= 15 is 0 Å². The van der Waals surface area contributed by atoms with Gasteiger partial charge in [-0.15, -0.1) is 0 Å². The predicted octanol–water partition coefficient (Wildman–Crippen LogP) is 1.54. The quantitative estimate of drug-likeness (QED) is 0.439. The molecule has 2 heteroatoms. The predicted molar refractivity (Wildman–Crippen MR) is 50.1 cm³/mol. The molecule has 1 N–H and O–H groups in total. The highest BCUT2D eigenvalue weighted by atomic mass is 16.2. The average molecular weight is 175 g/mol. The minimum atomic E-state index is -0.0729. The minimum absolute atomic E-state index is 0.0729. The van der Waals surface area contributed by atoms with Gasteiger partial charge in [0.05, 0.1) is 11.0 Å². The molecule has 0 aromatic heterocycles. The molecule has 3 aliphatic rings. The summed E-state index contributed by atoms with van der Waals surface area (Å²) in [7, 11) is 0. The Kier molecular flexibility index (Phi) is 1.17. The summed E-state index contributed by atoms with van der Waals surface area (Å²) in [6.45, 7) is 0. The first-order chi connectivity index (χ1) is 6.29. The minimum Gasteiger partial charge on any atom is -0.348 e. The Morgan fingerprint density at radius 1 is 1.00 bits per heavy atom. The standard InChI is InChI=1S/C11H13NO/c13-9-10-5-1-3-7-11(10,12-9)8-4-2-6-10/h1-4H,5-8H2,(H,12,13). The van der Waals surface area contributed by atoms with Gasteiger partial charge in [-0.05, 0) is 25.7 Å². The summed E-state index contributed by atoms with van der Waals surface area (Å²) in [5.41, 5.74) is 0.0179. The summed E-state index contributed by atoms with van der Waals surface area (Å²) in [5.74, 6) is 0.265. The Bertz CT molecular complexity index is 309. The van der Waals surface area contributed by atoms with Crippen molar-refractivity contribution < 1.29 is 4.79 Å². The first-order valence-corrected chi connectivity index (χ1v) is 4.92. The van der Waals surface area contributed by atoms with Crippen molar-refractivity contribution in [1.29, 1.82) is 0 Å². The van der Waals surface area contributed by atoms with Crippen molar-refractivity contribution in [3.8, 4) is 0 Å². The molecule has 1 fully saturated rings. The fourth-order valence-electron chi connectivity index (χ4n) is 2.99. The van der Waals surface area contributed by atoms with Gasteiger partial charge in [-0.3, -0.25) is 4.79 Å². The summed E-state index contributed by atoms with van der Waals surface area (Å²) in [6, 6.07) is 0. The molecule has 1 amide bonds. The van der Waals surface area contributed by atoms with Crippen LogP contribution in [-0.4, -0.2) is 11.4 Å². The fraction of sp³-hybridized carbons (Fsp3) is 0.545. The van der Waals surface area contributed by atoms with Crippen LogP contribution in [0, 0.1) is 5.41 Å². The smallest absolute Gasteiger partial charge is 0.229 e. The van der Waals surface area contributed by atoms with Crippen LogP contribution >= 0.6 is 0 Å². The van der Waals surface area contributed by atoms with E-state index in [0.717, 1.165) is 25.7 Å². The number of allylic oxidation sites excluding steroid dienone is 2. The molecule has 2 nitrogen and oxygen atoms in total. The van der Waals surface area contributed by atoms with Gasteiger partial charge >= 0.3 is 0 Å². The van der Waals surface area contributed by atoms with Gasteiger partial charge in [-0.2, -0.15) is 0 Å². The second kappa shape index (κ2) is 2.06. The van der Waals surface area contributed by atoms with E-state index in [1.54, 1.807) is 0 Å². The monoisotopic (exact) mass is 175 g/mol. The van der Waals surface area contributed by atoms with Crippen LogP contribution in [0.15, 0.2) is 24.3 Å². The van der Waals surface area contributed by atoms with Crippen molar-refractivity contribution in [3.05, 3.63) is 24.3 Å². The van der Waals surface area contributed by atoms with Gasteiger partial charge < -0.3 is 5.32 Å². The highest BCUT2D eigenvalue weighted by Gasteiger charge is 2.64. The van der Waals surface area contributed by atoms with Gasteiger partial charge in [0.25, 0.3) is 0 Å². The Hall–Kier alpha value is -1.05. The molecule has 0 aromatic carbocycles. The number of β-lactam (4-membered cyclic amide) rings is 1.